The molecule has 5 N–H and O–H groups in total. The van der Waals surface area contributed by atoms with Gasteiger partial charge in [0, 0.05) is 24.9 Å². The van der Waals surface area contributed by atoms with Crippen LogP contribution in [-0.2, 0) is 20.8 Å². The molecule has 0 aliphatic carbocycles. The first-order chi connectivity index (χ1) is 11.8. The maximum Gasteiger partial charge on any atom is 0.326 e. The van der Waals surface area contributed by atoms with Crippen molar-refractivity contribution in [3.63, 3.8) is 0 Å². The molecule has 2 amide bonds. The minimum absolute atomic E-state index is 0.189. The standard InChI is InChI=1S/C16H25N5O4/c1-9(2)13(15(23)21-5-3-4-12(21)16(24)25)20-14(22)11(17)6-10-7-18-8-19-10/h7-9,11-13H,3-6,17H2,1-2H3,(H,18,19)(H,20,22)(H,24,25)/t11-,12+,13-/m0/s1. The molecule has 0 aromatic carbocycles. The van der Waals surface area contributed by atoms with Crippen LogP contribution in [0.4, 0.5) is 0 Å². The fourth-order valence-corrected chi connectivity index (χ4v) is 2.97. The van der Waals surface area contributed by atoms with Crippen molar-refractivity contribution in [2.24, 2.45) is 11.7 Å². The number of likely N-dealkylation sites (tertiary alicyclic amines) is 1. The third-order valence-corrected chi connectivity index (χ3v) is 4.38. The van der Waals surface area contributed by atoms with Crippen LogP contribution in [0.1, 0.15) is 32.4 Å². The number of carboxylic acids is 1. The molecule has 9 nitrogen and oxygen atoms in total. The molecule has 1 aromatic heterocycles. The molecular formula is C16H25N5O4. The number of aliphatic carboxylic acids is 1. The first-order valence-electron chi connectivity index (χ1n) is 8.37. The molecule has 1 aliphatic heterocycles. The van der Waals surface area contributed by atoms with Crippen LogP contribution >= 0.6 is 0 Å². The highest BCUT2D eigenvalue weighted by Crippen LogP contribution is 2.20. The topological polar surface area (TPSA) is 141 Å². The number of hydrogen-bond acceptors (Lipinski definition) is 5. The molecule has 0 saturated carbocycles. The summed E-state index contributed by atoms with van der Waals surface area (Å²) in [5.74, 6) is -2.03. The summed E-state index contributed by atoms with van der Waals surface area (Å²) in [7, 11) is 0. The Morgan fingerprint density at radius 2 is 2.20 bits per heavy atom. The Hall–Kier alpha value is -2.42. The van der Waals surface area contributed by atoms with Gasteiger partial charge in [-0.05, 0) is 18.8 Å². The summed E-state index contributed by atoms with van der Waals surface area (Å²) in [4.78, 5) is 44.5. The van der Waals surface area contributed by atoms with Crippen LogP contribution in [-0.4, -0.2) is 62.4 Å². The van der Waals surface area contributed by atoms with Crippen molar-refractivity contribution < 1.29 is 19.5 Å². The van der Waals surface area contributed by atoms with Gasteiger partial charge in [0.15, 0.2) is 0 Å². The van der Waals surface area contributed by atoms with Crippen LogP contribution in [0.25, 0.3) is 0 Å². The van der Waals surface area contributed by atoms with Crippen LogP contribution < -0.4 is 11.1 Å². The van der Waals surface area contributed by atoms with E-state index in [4.69, 9.17) is 5.73 Å². The van der Waals surface area contributed by atoms with Crippen LogP contribution in [0.5, 0.6) is 0 Å². The van der Waals surface area contributed by atoms with E-state index in [0.717, 1.165) is 5.69 Å². The SMILES string of the molecule is CC(C)[C@H](NC(=O)[C@@H](N)Cc1cnc[nH]1)C(=O)N1CCC[C@@H]1C(=O)O. The summed E-state index contributed by atoms with van der Waals surface area (Å²) in [6.07, 6.45) is 4.42. The predicted molar refractivity (Wildman–Crippen MR) is 89.4 cm³/mol. The number of hydrogen-bond donors (Lipinski definition) is 4. The number of imidazole rings is 1. The minimum atomic E-state index is -1.02. The average Bonchev–Trinajstić information content (AvgIpc) is 3.22. The molecule has 25 heavy (non-hydrogen) atoms. The lowest BCUT2D eigenvalue weighted by molar-refractivity contribution is -0.150. The second-order valence-electron chi connectivity index (χ2n) is 6.65. The summed E-state index contributed by atoms with van der Waals surface area (Å²) in [5.41, 5.74) is 6.63. The fraction of sp³-hybridized carbons (Fsp3) is 0.625. The number of carbonyl (C=O) groups is 3. The molecule has 9 heteroatoms. The number of aromatic nitrogens is 2. The minimum Gasteiger partial charge on any atom is -0.480 e. The van der Waals surface area contributed by atoms with E-state index >= 15 is 0 Å². The zero-order valence-electron chi connectivity index (χ0n) is 14.4. The Morgan fingerprint density at radius 1 is 1.48 bits per heavy atom. The van der Waals surface area contributed by atoms with Gasteiger partial charge in [0.05, 0.1) is 12.4 Å². The molecule has 138 valence electrons. The van der Waals surface area contributed by atoms with E-state index in [0.29, 0.717) is 19.4 Å². The number of carboxylic acid groups (broad SMARTS) is 1. The van der Waals surface area contributed by atoms with Gasteiger partial charge in [0.2, 0.25) is 11.8 Å². The van der Waals surface area contributed by atoms with Crippen LogP contribution in [0, 0.1) is 5.92 Å². The monoisotopic (exact) mass is 351 g/mol. The molecule has 0 spiro atoms. The molecule has 1 saturated heterocycles. The number of nitrogens with two attached hydrogens (primary N) is 1. The largest absolute Gasteiger partial charge is 0.480 e. The van der Waals surface area contributed by atoms with Gasteiger partial charge in [0.1, 0.15) is 12.1 Å². The lowest BCUT2D eigenvalue weighted by Gasteiger charge is -2.30. The first-order valence-corrected chi connectivity index (χ1v) is 8.37. The van der Waals surface area contributed by atoms with E-state index in [1.165, 1.54) is 11.2 Å². The number of amides is 2. The summed E-state index contributed by atoms with van der Waals surface area (Å²) in [6.45, 7) is 3.99. The summed E-state index contributed by atoms with van der Waals surface area (Å²) in [6, 6.07) is -2.46. The predicted octanol–water partition coefficient (Wildman–Crippen LogP) is -0.504. The average molecular weight is 351 g/mol. The second-order valence-corrected chi connectivity index (χ2v) is 6.65. The van der Waals surface area contributed by atoms with E-state index in [-0.39, 0.29) is 18.2 Å². The van der Waals surface area contributed by atoms with Crippen molar-refractivity contribution in [1.29, 1.82) is 0 Å². The third kappa shape index (κ3) is 4.56. The van der Waals surface area contributed by atoms with E-state index < -0.39 is 30.0 Å². The van der Waals surface area contributed by atoms with Crippen molar-refractivity contribution in [3.8, 4) is 0 Å². The Balaban J connectivity index is 2.03. The highest BCUT2D eigenvalue weighted by molar-refractivity contribution is 5.92. The molecule has 0 radical (unpaired) electrons. The Bertz CT molecular complexity index is 616. The summed E-state index contributed by atoms with van der Waals surface area (Å²) in [5, 5.41) is 11.9. The van der Waals surface area contributed by atoms with Gasteiger partial charge >= 0.3 is 5.97 Å². The van der Waals surface area contributed by atoms with Gasteiger partial charge in [-0.2, -0.15) is 0 Å². The normalized spacial score (nSPS) is 19.7. The molecule has 0 unspecified atom stereocenters. The van der Waals surface area contributed by atoms with Crippen molar-refractivity contribution in [2.45, 2.75) is 51.2 Å². The van der Waals surface area contributed by atoms with Gasteiger partial charge in [-0.1, -0.05) is 13.8 Å². The maximum atomic E-state index is 12.8. The Labute approximate surface area is 146 Å². The smallest absolute Gasteiger partial charge is 0.326 e. The molecule has 0 bridgehead atoms. The molecule has 2 rings (SSSR count). The maximum absolute atomic E-state index is 12.8. The Kier molecular flexibility index (Phi) is 6.13. The zero-order chi connectivity index (χ0) is 18.6. The van der Waals surface area contributed by atoms with Gasteiger partial charge < -0.3 is 26.0 Å². The lowest BCUT2D eigenvalue weighted by atomic mass is 10.0. The van der Waals surface area contributed by atoms with Crippen molar-refractivity contribution in [3.05, 3.63) is 18.2 Å². The number of rotatable bonds is 7. The first kappa shape index (κ1) is 18.9. The molecule has 2 heterocycles. The van der Waals surface area contributed by atoms with E-state index in [1.54, 1.807) is 20.0 Å². The fourth-order valence-electron chi connectivity index (χ4n) is 2.97. The van der Waals surface area contributed by atoms with Crippen LogP contribution in [0.2, 0.25) is 0 Å². The molecule has 3 atom stereocenters. The number of H-pyrrole nitrogens is 1. The van der Waals surface area contributed by atoms with Crippen LogP contribution in [0.15, 0.2) is 12.5 Å². The summed E-state index contributed by atoms with van der Waals surface area (Å²) < 4.78 is 0. The third-order valence-electron chi connectivity index (χ3n) is 4.38. The van der Waals surface area contributed by atoms with Crippen molar-refractivity contribution in [1.82, 2.24) is 20.2 Å². The van der Waals surface area contributed by atoms with Gasteiger partial charge in [-0.25, -0.2) is 9.78 Å². The highest BCUT2D eigenvalue weighted by atomic mass is 16.4. The highest BCUT2D eigenvalue weighted by Gasteiger charge is 2.38. The van der Waals surface area contributed by atoms with Crippen molar-refractivity contribution in [2.75, 3.05) is 6.54 Å². The van der Waals surface area contributed by atoms with Gasteiger partial charge in [-0.15, -0.1) is 0 Å². The quantitative estimate of drug-likeness (QED) is 0.521. The number of nitrogens with one attached hydrogen (secondary N) is 2. The molecule has 1 fully saturated rings. The second kappa shape index (κ2) is 8.11. The van der Waals surface area contributed by atoms with Gasteiger partial charge in [0.25, 0.3) is 0 Å². The molecule has 1 aliphatic rings. The number of nitrogens with zero attached hydrogens (tertiary/aromatic N) is 2. The number of aromatic amines is 1. The van der Waals surface area contributed by atoms with E-state index in [2.05, 4.69) is 15.3 Å². The van der Waals surface area contributed by atoms with Gasteiger partial charge in [-0.3, -0.25) is 9.59 Å². The molecular weight excluding hydrogens is 326 g/mol. The Morgan fingerprint density at radius 3 is 2.76 bits per heavy atom. The van der Waals surface area contributed by atoms with E-state index in [1.807, 2.05) is 0 Å². The van der Waals surface area contributed by atoms with Crippen molar-refractivity contribution >= 4 is 17.8 Å². The zero-order valence-corrected chi connectivity index (χ0v) is 14.4. The number of carbonyl (C=O) groups excluding carboxylic acids is 2. The lowest BCUT2D eigenvalue weighted by Crippen LogP contribution is -2.56. The van der Waals surface area contributed by atoms with E-state index in [9.17, 15) is 19.5 Å². The molecule has 1 aromatic rings. The summed E-state index contributed by atoms with van der Waals surface area (Å²) >= 11 is 0. The van der Waals surface area contributed by atoms with Crippen LogP contribution in [0.3, 0.4) is 0 Å².